The Balaban J connectivity index is 1.68. The Bertz CT molecular complexity index is 1010. The van der Waals surface area contributed by atoms with Crippen LogP contribution < -0.4 is 9.47 Å². The molecule has 0 unspecified atom stereocenters. The summed E-state index contributed by atoms with van der Waals surface area (Å²) in [5, 5.41) is 0. The fourth-order valence-electron chi connectivity index (χ4n) is 2.74. The quantitative estimate of drug-likeness (QED) is 0.442. The van der Waals surface area contributed by atoms with E-state index in [0.29, 0.717) is 24.7 Å². The number of esters is 2. The highest BCUT2D eigenvalue weighted by atomic mass is 16.5. The Morgan fingerprint density at radius 1 is 1.10 bits per heavy atom. The number of aromatic nitrogens is 1. The molecule has 0 aliphatic heterocycles. The van der Waals surface area contributed by atoms with Gasteiger partial charge in [0.15, 0.2) is 0 Å². The molecule has 2 aromatic carbocycles. The van der Waals surface area contributed by atoms with Crippen molar-refractivity contribution in [2.24, 2.45) is 0 Å². The molecule has 0 aliphatic carbocycles. The third kappa shape index (κ3) is 5.01. The number of carbonyl (C=O) groups excluding carboxylic acids is 2. The molecule has 0 spiro atoms. The van der Waals surface area contributed by atoms with Gasteiger partial charge in [0.2, 0.25) is 5.89 Å². The maximum atomic E-state index is 11.8. The van der Waals surface area contributed by atoms with Crippen molar-refractivity contribution in [3.05, 3.63) is 65.5 Å². The predicted octanol–water partition coefficient (Wildman–Crippen LogP) is 3.98. The monoisotopic (exact) mass is 395 g/mol. The summed E-state index contributed by atoms with van der Waals surface area (Å²) in [6, 6.07) is 14.3. The molecule has 0 aliphatic rings. The zero-order valence-corrected chi connectivity index (χ0v) is 16.4. The van der Waals surface area contributed by atoms with Crippen LogP contribution in [0.3, 0.4) is 0 Å². The van der Waals surface area contributed by atoms with Gasteiger partial charge in [-0.1, -0.05) is 18.2 Å². The van der Waals surface area contributed by atoms with Crippen LogP contribution in [0.2, 0.25) is 0 Å². The van der Waals surface area contributed by atoms with Crippen LogP contribution in [0.5, 0.6) is 11.5 Å². The van der Waals surface area contributed by atoms with Crippen molar-refractivity contribution in [1.82, 2.24) is 4.98 Å². The molecule has 0 amide bonds. The maximum absolute atomic E-state index is 11.8. The number of aryl methyl sites for hydroxylation is 1. The zero-order valence-electron chi connectivity index (χ0n) is 16.4. The van der Waals surface area contributed by atoms with E-state index in [-0.39, 0.29) is 11.3 Å². The van der Waals surface area contributed by atoms with Crippen molar-refractivity contribution in [1.29, 1.82) is 0 Å². The van der Waals surface area contributed by atoms with Crippen LogP contribution in [0.15, 0.2) is 52.9 Å². The molecule has 0 N–H and O–H groups in total. The van der Waals surface area contributed by atoms with Gasteiger partial charge in [-0.2, -0.15) is 0 Å². The Morgan fingerprint density at radius 3 is 2.55 bits per heavy atom. The average Bonchev–Trinajstić information content (AvgIpc) is 3.08. The van der Waals surface area contributed by atoms with Crippen molar-refractivity contribution < 1.29 is 28.2 Å². The highest BCUT2D eigenvalue weighted by Gasteiger charge is 2.16. The number of ether oxygens (including phenoxy) is 3. The van der Waals surface area contributed by atoms with Crippen molar-refractivity contribution in [3.8, 4) is 23.0 Å². The molecule has 0 radical (unpaired) electrons. The van der Waals surface area contributed by atoms with Gasteiger partial charge in [0.1, 0.15) is 22.8 Å². The summed E-state index contributed by atoms with van der Waals surface area (Å²) in [6.45, 7) is 3.45. The van der Waals surface area contributed by atoms with Crippen molar-refractivity contribution in [3.63, 3.8) is 0 Å². The SMILES string of the molecule is COC(=O)c1ccc(OCCc2nc(-c3ccccc3)oc2C)cc1OC(C)=O. The van der Waals surface area contributed by atoms with E-state index in [0.717, 1.165) is 17.0 Å². The topological polar surface area (TPSA) is 87.9 Å². The minimum atomic E-state index is -0.598. The summed E-state index contributed by atoms with van der Waals surface area (Å²) >= 11 is 0. The van der Waals surface area contributed by atoms with Gasteiger partial charge in [-0.15, -0.1) is 0 Å². The van der Waals surface area contributed by atoms with Crippen molar-refractivity contribution in [2.45, 2.75) is 20.3 Å². The molecule has 29 heavy (non-hydrogen) atoms. The largest absolute Gasteiger partial charge is 0.493 e. The molecule has 0 fully saturated rings. The van der Waals surface area contributed by atoms with Crippen LogP contribution in [-0.4, -0.2) is 30.6 Å². The first-order chi connectivity index (χ1) is 14.0. The first kappa shape index (κ1) is 20.1. The van der Waals surface area contributed by atoms with Gasteiger partial charge in [0.25, 0.3) is 0 Å². The number of methoxy groups -OCH3 is 1. The first-order valence-corrected chi connectivity index (χ1v) is 9.03. The van der Waals surface area contributed by atoms with Gasteiger partial charge in [-0.25, -0.2) is 9.78 Å². The first-order valence-electron chi connectivity index (χ1n) is 9.03. The van der Waals surface area contributed by atoms with Crippen LogP contribution in [0.1, 0.15) is 28.7 Å². The van der Waals surface area contributed by atoms with Crippen LogP contribution in [0.4, 0.5) is 0 Å². The van der Waals surface area contributed by atoms with Gasteiger partial charge >= 0.3 is 11.9 Å². The van der Waals surface area contributed by atoms with E-state index in [4.69, 9.17) is 18.6 Å². The van der Waals surface area contributed by atoms with E-state index in [2.05, 4.69) is 4.98 Å². The molecular weight excluding hydrogens is 374 g/mol. The summed E-state index contributed by atoms with van der Waals surface area (Å²) in [5.74, 6) is 0.703. The fraction of sp³-hybridized carbons (Fsp3) is 0.227. The minimum Gasteiger partial charge on any atom is -0.493 e. The van der Waals surface area contributed by atoms with Crippen molar-refractivity contribution >= 4 is 11.9 Å². The number of benzene rings is 2. The van der Waals surface area contributed by atoms with E-state index in [9.17, 15) is 9.59 Å². The molecule has 7 heteroatoms. The molecule has 3 rings (SSSR count). The number of hydrogen-bond acceptors (Lipinski definition) is 7. The molecule has 0 saturated carbocycles. The zero-order chi connectivity index (χ0) is 20.8. The molecule has 1 heterocycles. The smallest absolute Gasteiger partial charge is 0.341 e. The van der Waals surface area contributed by atoms with E-state index < -0.39 is 11.9 Å². The second-order valence-corrected chi connectivity index (χ2v) is 6.23. The van der Waals surface area contributed by atoms with Crippen LogP contribution in [0, 0.1) is 6.92 Å². The second-order valence-electron chi connectivity index (χ2n) is 6.23. The van der Waals surface area contributed by atoms with Crippen LogP contribution in [0.25, 0.3) is 11.5 Å². The summed E-state index contributed by atoms with van der Waals surface area (Å²) < 4.78 is 21.3. The van der Waals surface area contributed by atoms with Gasteiger partial charge in [-0.3, -0.25) is 4.79 Å². The summed E-state index contributed by atoms with van der Waals surface area (Å²) in [5.41, 5.74) is 1.86. The number of oxazole rings is 1. The lowest BCUT2D eigenvalue weighted by Crippen LogP contribution is -2.10. The number of nitrogens with zero attached hydrogens (tertiary/aromatic N) is 1. The van der Waals surface area contributed by atoms with Crippen LogP contribution >= 0.6 is 0 Å². The van der Waals surface area contributed by atoms with Gasteiger partial charge in [0.05, 0.1) is 19.4 Å². The lowest BCUT2D eigenvalue weighted by atomic mass is 10.2. The summed E-state index contributed by atoms with van der Waals surface area (Å²) in [4.78, 5) is 27.7. The number of hydrogen-bond donors (Lipinski definition) is 0. The maximum Gasteiger partial charge on any atom is 0.341 e. The molecule has 1 aromatic heterocycles. The second kappa shape index (κ2) is 9.05. The highest BCUT2D eigenvalue weighted by molar-refractivity contribution is 5.93. The number of carbonyl (C=O) groups is 2. The molecule has 7 nitrogen and oxygen atoms in total. The molecular formula is C22H21NO6. The van der Waals surface area contributed by atoms with E-state index >= 15 is 0 Å². The third-order valence-electron chi connectivity index (χ3n) is 4.13. The lowest BCUT2D eigenvalue weighted by molar-refractivity contribution is -0.131. The normalized spacial score (nSPS) is 10.4. The van der Waals surface area contributed by atoms with E-state index in [1.54, 1.807) is 6.07 Å². The third-order valence-corrected chi connectivity index (χ3v) is 4.13. The van der Waals surface area contributed by atoms with E-state index in [1.807, 2.05) is 37.3 Å². The lowest BCUT2D eigenvalue weighted by Gasteiger charge is -2.11. The fourth-order valence-corrected chi connectivity index (χ4v) is 2.74. The van der Waals surface area contributed by atoms with Gasteiger partial charge in [-0.05, 0) is 31.2 Å². The van der Waals surface area contributed by atoms with E-state index in [1.165, 1.54) is 26.2 Å². The van der Waals surface area contributed by atoms with Crippen molar-refractivity contribution in [2.75, 3.05) is 13.7 Å². The molecule has 0 bridgehead atoms. The highest BCUT2D eigenvalue weighted by Crippen LogP contribution is 2.26. The average molecular weight is 395 g/mol. The summed E-state index contributed by atoms with van der Waals surface area (Å²) in [6.07, 6.45) is 0.532. The Kier molecular flexibility index (Phi) is 6.29. The molecule has 3 aromatic rings. The number of rotatable bonds is 7. The Morgan fingerprint density at radius 2 is 1.86 bits per heavy atom. The standard InChI is InChI=1S/C22H21NO6/c1-14-19(23-21(28-14)16-7-5-4-6-8-16)11-12-27-17-9-10-18(22(25)26-3)20(13-17)29-15(2)24/h4-10,13H,11-12H2,1-3H3. The predicted molar refractivity (Wildman–Crippen MR) is 105 cm³/mol. The minimum absolute atomic E-state index is 0.0887. The summed E-state index contributed by atoms with van der Waals surface area (Å²) in [7, 11) is 1.26. The van der Waals surface area contributed by atoms with Crippen LogP contribution in [-0.2, 0) is 16.0 Å². The Hall–Kier alpha value is -3.61. The molecule has 150 valence electrons. The molecule has 0 saturated heterocycles. The molecule has 0 atom stereocenters. The van der Waals surface area contributed by atoms with Gasteiger partial charge < -0.3 is 18.6 Å². The Labute approximate surface area is 168 Å². The van der Waals surface area contributed by atoms with Gasteiger partial charge in [0, 0.05) is 25.0 Å².